The molecule has 2 aliphatic rings. The third kappa shape index (κ3) is 3.49. The Kier molecular flexibility index (Phi) is 4.68. The Bertz CT molecular complexity index is 653. The van der Waals surface area contributed by atoms with Gasteiger partial charge in [-0.3, -0.25) is 14.5 Å². The first-order chi connectivity index (χ1) is 11.4. The summed E-state index contributed by atoms with van der Waals surface area (Å²) in [5.74, 6) is -2.34. The number of phenolic OH excluding ortho intramolecular Hbond substituents is 1. The van der Waals surface area contributed by atoms with Crippen molar-refractivity contribution in [1.29, 1.82) is 0 Å². The fraction of sp³-hybridized carbons (Fsp3) is 0.500. The van der Waals surface area contributed by atoms with Gasteiger partial charge in [-0.05, 0) is 12.1 Å². The molecular weight excluding hydrogens is 319 g/mol. The smallest absolute Gasteiger partial charge is 0.317 e. The summed E-state index contributed by atoms with van der Waals surface area (Å²) in [5, 5.41) is 18.9. The first-order valence-electron chi connectivity index (χ1n) is 7.75. The number of hydrogen-bond acceptors (Lipinski definition) is 5. The van der Waals surface area contributed by atoms with Crippen LogP contribution < -0.4 is 0 Å². The second-order valence-corrected chi connectivity index (χ2v) is 6.26. The molecule has 24 heavy (non-hydrogen) atoms. The number of aromatic hydroxyl groups is 1. The predicted octanol–water partition coefficient (Wildman–Crippen LogP) is 0.389. The van der Waals surface area contributed by atoms with Crippen LogP contribution in [0.5, 0.6) is 5.75 Å². The molecule has 0 spiro atoms. The normalized spacial score (nSPS) is 24.5. The highest BCUT2D eigenvalue weighted by atomic mass is 19.1. The van der Waals surface area contributed by atoms with Crippen LogP contribution in [-0.4, -0.2) is 77.3 Å². The zero-order valence-corrected chi connectivity index (χ0v) is 13.0. The van der Waals surface area contributed by atoms with E-state index in [9.17, 15) is 19.1 Å². The number of carbonyl (C=O) groups is 2. The van der Waals surface area contributed by atoms with Crippen molar-refractivity contribution in [1.82, 2.24) is 9.80 Å². The number of rotatable bonds is 3. The van der Waals surface area contributed by atoms with Gasteiger partial charge in [-0.25, -0.2) is 4.39 Å². The van der Waals surface area contributed by atoms with Crippen LogP contribution in [0.1, 0.15) is 10.4 Å². The van der Waals surface area contributed by atoms with E-state index in [4.69, 9.17) is 9.84 Å². The van der Waals surface area contributed by atoms with Gasteiger partial charge in [-0.1, -0.05) is 0 Å². The summed E-state index contributed by atoms with van der Waals surface area (Å²) in [4.78, 5) is 27.2. The van der Waals surface area contributed by atoms with Crippen molar-refractivity contribution in [3.8, 4) is 5.75 Å². The third-order valence-corrected chi connectivity index (χ3v) is 4.35. The van der Waals surface area contributed by atoms with Crippen molar-refractivity contribution in [2.24, 2.45) is 5.92 Å². The quantitative estimate of drug-likeness (QED) is 0.829. The highest BCUT2D eigenvalue weighted by Crippen LogP contribution is 2.25. The lowest BCUT2D eigenvalue weighted by atomic mass is 10.1. The van der Waals surface area contributed by atoms with Crippen LogP contribution in [0.2, 0.25) is 0 Å². The van der Waals surface area contributed by atoms with E-state index in [1.54, 1.807) is 9.80 Å². The fourth-order valence-electron chi connectivity index (χ4n) is 3.35. The van der Waals surface area contributed by atoms with Crippen molar-refractivity contribution in [3.63, 3.8) is 0 Å². The van der Waals surface area contributed by atoms with Gasteiger partial charge in [0.15, 0.2) is 0 Å². The van der Waals surface area contributed by atoms with Gasteiger partial charge in [-0.15, -0.1) is 0 Å². The van der Waals surface area contributed by atoms with E-state index in [2.05, 4.69) is 0 Å². The maximum absolute atomic E-state index is 13.1. The van der Waals surface area contributed by atoms with Gasteiger partial charge in [0, 0.05) is 31.6 Å². The largest absolute Gasteiger partial charge is 0.507 e. The number of hydrogen-bond donors (Lipinski definition) is 2. The van der Waals surface area contributed by atoms with Gasteiger partial charge in [-0.2, -0.15) is 0 Å². The molecule has 2 heterocycles. The van der Waals surface area contributed by atoms with Crippen molar-refractivity contribution in [2.75, 3.05) is 39.4 Å². The summed E-state index contributed by atoms with van der Waals surface area (Å²) in [6, 6.07) is 2.99. The van der Waals surface area contributed by atoms with E-state index in [-0.39, 0.29) is 24.1 Å². The van der Waals surface area contributed by atoms with Crippen LogP contribution in [-0.2, 0) is 9.53 Å². The molecule has 0 unspecified atom stereocenters. The van der Waals surface area contributed by atoms with E-state index in [0.29, 0.717) is 32.8 Å². The van der Waals surface area contributed by atoms with Crippen LogP contribution in [0.25, 0.3) is 0 Å². The molecule has 1 aromatic rings. The maximum Gasteiger partial charge on any atom is 0.317 e. The molecule has 3 rings (SSSR count). The van der Waals surface area contributed by atoms with Gasteiger partial charge in [0.2, 0.25) is 0 Å². The van der Waals surface area contributed by atoms with Crippen molar-refractivity contribution < 1.29 is 28.9 Å². The third-order valence-electron chi connectivity index (χ3n) is 4.35. The molecule has 2 atom stereocenters. The molecule has 2 N–H and O–H groups in total. The van der Waals surface area contributed by atoms with Crippen LogP contribution in [0.4, 0.5) is 4.39 Å². The molecule has 0 aliphatic carbocycles. The minimum absolute atomic E-state index is 0.0107. The monoisotopic (exact) mass is 338 g/mol. The molecule has 0 saturated carbocycles. The molecule has 7 nitrogen and oxygen atoms in total. The summed E-state index contributed by atoms with van der Waals surface area (Å²) in [5.41, 5.74) is 0.0359. The molecule has 2 bridgehead atoms. The number of ether oxygens (including phenoxy) is 1. The fourth-order valence-corrected chi connectivity index (χ4v) is 3.35. The van der Waals surface area contributed by atoms with Gasteiger partial charge < -0.3 is 19.8 Å². The Morgan fingerprint density at radius 2 is 2.04 bits per heavy atom. The number of phenols is 1. The number of fused-ring (bicyclic) bond motifs is 3. The van der Waals surface area contributed by atoms with Crippen molar-refractivity contribution in [3.05, 3.63) is 29.6 Å². The van der Waals surface area contributed by atoms with Crippen LogP contribution in [0.15, 0.2) is 18.2 Å². The average Bonchev–Trinajstić information content (AvgIpc) is 2.76. The summed E-state index contributed by atoms with van der Waals surface area (Å²) < 4.78 is 18.7. The number of amides is 1. The zero-order valence-electron chi connectivity index (χ0n) is 13.0. The van der Waals surface area contributed by atoms with E-state index in [1.807, 2.05) is 0 Å². The van der Waals surface area contributed by atoms with Crippen LogP contribution in [0.3, 0.4) is 0 Å². The Morgan fingerprint density at radius 1 is 1.25 bits per heavy atom. The van der Waals surface area contributed by atoms with Crippen LogP contribution >= 0.6 is 0 Å². The first-order valence-corrected chi connectivity index (χ1v) is 7.75. The number of aliphatic carboxylic acids is 1. The Morgan fingerprint density at radius 3 is 2.75 bits per heavy atom. The number of carboxylic acids is 1. The molecule has 1 aromatic carbocycles. The topological polar surface area (TPSA) is 90.3 Å². The van der Waals surface area contributed by atoms with E-state index in [1.165, 1.54) is 6.07 Å². The summed E-state index contributed by atoms with van der Waals surface area (Å²) in [6.07, 6.45) is 0. The highest BCUT2D eigenvalue weighted by Gasteiger charge is 2.37. The number of nitrogens with zero attached hydrogens (tertiary/aromatic N) is 2. The zero-order chi connectivity index (χ0) is 17.3. The molecule has 2 saturated heterocycles. The minimum atomic E-state index is -0.912. The second kappa shape index (κ2) is 6.74. The summed E-state index contributed by atoms with van der Waals surface area (Å²) >= 11 is 0. The van der Waals surface area contributed by atoms with Crippen molar-refractivity contribution >= 4 is 11.9 Å². The SMILES string of the molecule is O=C(O)CN1C[C@@H]2COC[C@H](C1)N(C(=O)c1ccc(F)cc1O)C2. The standard InChI is InChI=1S/C16H19FN2O5/c17-11-1-2-13(14(20)3-11)16(23)19-5-10-4-18(7-15(21)22)6-12(19)9-24-8-10/h1-3,10,12,20H,4-9H2,(H,21,22)/t10-,12-/m0/s1. The predicted molar refractivity (Wildman–Crippen MR) is 81.3 cm³/mol. The highest BCUT2D eigenvalue weighted by molar-refractivity contribution is 5.97. The van der Waals surface area contributed by atoms with E-state index >= 15 is 0 Å². The van der Waals surface area contributed by atoms with E-state index in [0.717, 1.165) is 12.1 Å². The average molecular weight is 338 g/mol. The number of carbonyl (C=O) groups excluding carboxylic acids is 1. The number of benzene rings is 1. The molecule has 0 radical (unpaired) electrons. The molecule has 0 aromatic heterocycles. The van der Waals surface area contributed by atoms with Crippen LogP contribution in [0, 0.1) is 11.7 Å². The Hall–Kier alpha value is -2.19. The maximum atomic E-state index is 13.1. The second-order valence-electron chi connectivity index (χ2n) is 6.26. The molecular formula is C16H19FN2O5. The van der Waals surface area contributed by atoms with Gasteiger partial charge in [0.25, 0.3) is 5.91 Å². The molecule has 1 amide bonds. The van der Waals surface area contributed by atoms with E-state index < -0.39 is 23.4 Å². The van der Waals surface area contributed by atoms with Gasteiger partial charge in [0.1, 0.15) is 11.6 Å². The molecule has 8 heteroatoms. The lowest BCUT2D eigenvalue weighted by Crippen LogP contribution is -2.47. The number of carboxylic acid groups (broad SMARTS) is 1. The molecule has 2 fully saturated rings. The minimum Gasteiger partial charge on any atom is -0.507 e. The lowest BCUT2D eigenvalue weighted by molar-refractivity contribution is -0.138. The summed E-state index contributed by atoms with van der Waals surface area (Å²) in [7, 11) is 0. The summed E-state index contributed by atoms with van der Waals surface area (Å²) in [6.45, 7) is 2.00. The number of halogens is 1. The molecule has 2 aliphatic heterocycles. The Balaban J connectivity index is 1.84. The Labute approximate surface area is 138 Å². The van der Waals surface area contributed by atoms with Crippen molar-refractivity contribution in [2.45, 2.75) is 6.04 Å². The van der Waals surface area contributed by atoms with Gasteiger partial charge in [0.05, 0.1) is 31.4 Å². The van der Waals surface area contributed by atoms with Gasteiger partial charge >= 0.3 is 5.97 Å². The molecule has 130 valence electrons. The lowest BCUT2D eigenvalue weighted by Gasteiger charge is -2.30. The first kappa shape index (κ1) is 16.7.